The largest absolute Gasteiger partial charge is 0.465 e. The van der Waals surface area contributed by atoms with E-state index < -0.39 is 11.5 Å². The van der Waals surface area contributed by atoms with Crippen LogP contribution in [-0.4, -0.2) is 24.6 Å². The Morgan fingerprint density at radius 3 is 2.46 bits per heavy atom. The first-order valence-corrected chi connectivity index (χ1v) is 8.77. The number of hydrogen-bond donors (Lipinski definition) is 0. The van der Waals surface area contributed by atoms with Crippen molar-refractivity contribution >= 4 is 11.9 Å². The standard InChI is InChI=1S/C20H28O4/c1-14(2)13-23-19(22)20(12-8-11-18(20)24-16(4)21)15(3)17-9-6-5-7-10-17/h5-7,9-10,14-15,18H,8,11-13H2,1-4H3. The topological polar surface area (TPSA) is 52.6 Å². The van der Waals surface area contributed by atoms with Crippen LogP contribution in [0, 0.1) is 11.3 Å². The lowest BCUT2D eigenvalue weighted by atomic mass is 9.70. The van der Waals surface area contributed by atoms with Gasteiger partial charge in [0.15, 0.2) is 0 Å². The number of esters is 2. The van der Waals surface area contributed by atoms with Gasteiger partial charge in [0.2, 0.25) is 0 Å². The molecule has 2 rings (SSSR count). The maximum Gasteiger partial charge on any atom is 0.316 e. The summed E-state index contributed by atoms with van der Waals surface area (Å²) in [7, 11) is 0. The summed E-state index contributed by atoms with van der Waals surface area (Å²) in [4.78, 5) is 24.6. The van der Waals surface area contributed by atoms with Gasteiger partial charge in [0.05, 0.1) is 6.61 Å². The molecule has 3 atom stereocenters. The van der Waals surface area contributed by atoms with Gasteiger partial charge in [0, 0.05) is 12.8 Å². The molecule has 0 radical (unpaired) electrons. The molecule has 4 heteroatoms. The molecule has 24 heavy (non-hydrogen) atoms. The summed E-state index contributed by atoms with van der Waals surface area (Å²) in [5.74, 6) is -0.392. The second kappa shape index (κ2) is 7.82. The van der Waals surface area contributed by atoms with Crippen molar-refractivity contribution in [3.05, 3.63) is 35.9 Å². The zero-order chi connectivity index (χ0) is 17.7. The van der Waals surface area contributed by atoms with Crippen molar-refractivity contribution in [1.82, 2.24) is 0 Å². The highest BCUT2D eigenvalue weighted by Gasteiger charge is 2.56. The van der Waals surface area contributed by atoms with Crippen LogP contribution in [0.25, 0.3) is 0 Å². The molecular formula is C20H28O4. The molecule has 1 aliphatic carbocycles. The van der Waals surface area contributed by atoms with Crippen LogP contribution >= 0.6 is 0 Å². The number of carbonyl (C=O) groups excluding carboxylic acids is 2. The summed E-state index contributed by atoms with van der Waals surface area (Å²) in [6.45, 7) is 7.84. The maximum atomic E-state index is 13.1. The van der Waals surface area contributed by atoms with E-state index in [1.54, 1.807) is 0 Å². The summed E-state index contributed by atoms with van der Waals surface area (Å²) >= 11 is 0. The molecule has 0 aliphatic heterocycles. The van der Waals surface area contributed by atoms with Crippen LogP contribution in [-0.2, 0) is 19.1 Å². The second-order valence-electron chi connectivity index (χ2n) is 7.16. The molecule has 1 saturated carbocycles. The molecule has 132 valence electrons. The minimum atomic E-state index is -0.804. The Bertz CT molecular complexity index is 566. The number of ether oxygens (including phenoxy) is 2. The molecule has 0 saturated heterocycles. The summed E-state index contributed by atoms with van der Waals surface area (Å²) in [6, 6.07) is 9.93. The van der Waals surface area contributed by atoms with Gasteiger partial charge in [-0.05, 0) is 30.7 Å². The van der Waals surface area contributed by atoms with E-state index in [-0.39, 0.29) is 23.8 Å². The smallest absolute Gasteiger partial charge is 0.316 e. The molecule has 1 fully saturated rings. The van der Waals surface area contributed by atoms with Crippen LogP contribution in [0.2, 0.25) is 0 Å². The molecule has 3 unspecified atom stereocenters. The van der Waals surface area contributed by atoms with Crippen molar-refractivity contribution in [1.29, 1.82) is 0 Å². The summed E-state index contributed by atoms with van der Waals surface area (Å²) in [6.07, 6.45) is 1.81. The van der Waals surface area contributed by atoms with Gasteiger partial charge >= 0.3 is 11.9 Å². The zero-order valence-corrected chi connectivity index (χ0v) is 15.1. The van der Waals surface area contributed by atoms with Crippen molar-refractivity contribution in [2.24, 2.45) is 11.3 Å². The lowest BCUT2D eigenvalue weighted by molar-refractivity contribution is -0.172. The van der Waals surface area contributed by atoms with Crippen molar-refractivity contribution in [2.75, 3.05) is 6.61 Å². The van der Waals surface area contributed by atoms with Gasteiger partial charge in [-0.3, -0.25) is 9.59 Å². The van der Waals surface area contributed by atoms with Crippen molar-refractivity contribution in [3.63, 3.8) is 0 Å². The molecular weight excluding hydrogens is 304 g/mol. The van der Waals surface area contributed by atoms with Crippen molar-refractivity contribution in [2.45, 2.75) is 59.0 Å². The van der Waals surface area contributed by atoms with Crippen LogP contribution in [0.5, 0.6) is 0 Å². The molecule has 1 aromatic carbocycles. The first-order chi connectivity index (χ1) is 11.4. The fraction of sp³-hybridized carbons (Fsp3) is 0.600. The van der Waals surface area contributed by atoms with E-state index in [0.717, 1.165) is 12.0 Å². The van der Waals surface area contributed by atoms with Crippen LogP contribution in [0.3, 0.4) is 0 Å². The van der Waals surface area contributed by atoms with E-state index in [1.807, 2.05) is 51.1 Å². The van der Waals surface area contributed by atoms with Gasteiger partial charge in [-0.15, -0.1) is 0 Å². The second-order valence-corrected chi connectivity index (χ2v) is 7.16. The molecule has 0 amide bonds. The number of rotatable bonds is 6. The van der Waals surface area contributed by atoms with Gasteiger partial charge < -0.3 is 9.47 Å². The lowest BCUT2D eigenvalue weighted by Gasteiger charge is -2.38. The molecule has 0 aromatic heterocycles. The van der Waals surface area contributed by atoms with Gasteiger partial charge in [0.1, 0.15) is 11.5 Å². The van der Waals surface area contributed by atoms with E-state index in [4.69, 9.17) is 9.47 Å². The van der Waals surface area contributed by atoms with E-state index in [1.165, 1.54) is 6.92 Å². The van der Waals surface area contributed by atoms with Gasteiger partial charge in [0.25, 0.3) is 0 Å². The van der Waals surface area contributed by atoms with Crippen LogP contribution < -0.4 is 0 Å². The SMILES string of the molecule is CC(=O)OC1CCCC1(C(=O)OCC(C)C)C(C)c1ccccc1. The normalized spacial score (nSPS) is 24.6. The number of carbonyl (C=O) groups is 2. The Morgan fingerprint density at radius 2 is 1.88 bits per heavy atom. The summed E-state index contributed by atoms with van der Waals surface area (Å²) < 4.78 is 11.2. The van der Waals surface area contributed by atoms with Crippen molar-refractivity contribution < 1.29 is 19.1 Å². The van der Waals surface area contributed by atoms with Gasteiger partial charge in [-0.2, -0.15) is 0 Å². The average molecular weight is 332 g/mol. The Labute approximate surface area is 144 Å². The summed E-state index contributed by atoms with van der Waals surface area (Å²) in [5, 5.41) is 0. The monoisotopic (exact) mass is 332 g/mol. The van der Waals surface area contributed by atoms with E-state index in [9.17, 15) is 9.59 Å². The number of benzene rings is 1. The third-order valence-corrected chi connectivity index (χ3v) is 4.94. The Hall–Kier alpha value is -1.84. The third-order valence-electron chi connectivity index (χ3n) is 4.94. The summed E-state index contributed by atoms with van der Waals surface area (Å²) in [5.41, 5.74) is 0.264. The van der Waals surface area contributed by atoms with Crippen LogP contribution in [0.1, 0.15) is 58.4 Å². The highest BCUT2D eigenvalue weighted by molar-refractivity contribution is 5.80. The highest BCUT2D eigenvalue weighted by atomic mass is 16.6. The highest BCUT2D eigenvalue weighted by Crippen LogP contribution is 2.51. The Morgan fingerprint density at radius 1 is 1.21 bits per heavy atom. The minimum absolute atomic E-state index is 0.0785. The quantitative estimate of drug-likeness (QED) is 0.736. The van der Waals surface area contributed by atoms with E-state index >= 15 is 0 Å². The van der Waals surface area contributed by atoms with Crippen LogP contribution in [0.15, 0.2) is 30.3 Å². The average Bonchev–Trinajstić information content (AvgIpc) is 2.96. The molecule has 0 spiro atoms. The fourth-order valence-electron chi connectivity index (χ4n) is 3.68. The minimum Gasteiger partial charge on any atom is -0.465 e. The zero-order valence-electron chi connectivity index (χ0n) is 15.1. The van der Waals surface area contributed by atoms with E-state index in [2.05, 4.69) is 0 Å². The lowest BCUT2D eigenvalue weighted by Crippen LogP contribution is -2.46. The molecule has 4 nitrogen and oxygen atoms in total. The maximum absolute atomic E-state index is 13.1. The first kappa shape index (κ1) is 18.5. The third kappa shape index (κ3) is 3.80. The fourth-order valence-corrected chi connectivity index (χ4v) is 3.68. The predicted molar refractivity (Wildman–Crippen MR) is 92.5 cm³/mol. The molecule has 0 bridgehead atoms. The first-order valence-electron chi connectivity index (χ1n) is 8.77. The molecule has 0 N–H and O–H groups in total. The van der Waals surface area contributed by atoms with Gasteiger partial charge in [-0.25, -0.2) is 0 Å². The van der Waals surface area contributed by atoms with Crippen LogP contribution in [0.4, 0.5) is 0 Å². The van der Waals surface area contributed by atoms with E-state index in [0.29, 0.717) is 19.4 Å². The number of hydrogen-bond acceptors (Lipinski definition) is 4. The predicted octanol–water partition coefficient (Wildman–Crippen LogP) is 4.09. The Kier molecular flexibility index (Phi) is 6.03. The molecule has 1 aromatic rings. The van der Waals surface area contributed by atoms with Crippen molar-refractivity contribution in [3.8, 4) is 0 Å². The van der Waals surface area contributed by atoms with Gasteiger partial charge in [-0.1, -0.05) is 51.1 Å². The molecule has 0 heterocycles. The molecule has 1 aliphatic rings. The Balaban J connectivity index is 2.36.